The van der Waals surface area contributed by atoms with E-state index in [2.05, 4.69) is 0 Å². The minimum absolute atomic E-state index is 0.274. The highest BCUT2D eigenvalue weighted by molar-refractivity contribution is 5.68. The first-order valence-electron chi connectivity index (χ1n) is 8.77. The van der Waals surface area contributed by atoms with Crippen LogP contribution in [0.25, 0.3) is 0 Å². The Bertz CT molecular complexity index is 798. The summed E-state index contributed by atoms with van der Waals surface area (Å²) in [6.45, 7) is 7.03. The molecule has 138 valence electrons. The van der Waals surface area contributed by atoms with Gasteiger partial charge < -0.3 is 14.4 Å². The average Bonchev–Trinajstić information content (AvgIpc) is 2.58. The molecule has 0 saturated heterocycles. The number of nitrogens with zero attached hydrogens (tertiary/aromatic N) is 1. The number of hydrogen-bond acceptors (Lipinski definition) is 3. The number of halogens is 1. The van der Waals surface area contributed by atoms with Gasteiger partial charge in [-0.3, -0.25) is 0 Å². The van der Waals surface area contributed by atoms with Crippen molar-refractivity contribution in [3.05, 3.63) is 65.0 Å². The largest absolute Gasteiger partial charge is 0.489 e. The van der Waals surface area contributed by atoms with E-state index in [0.29, 0.717) is 25.4 Å². The second-order valence-electron chi connectivity index (χ2n) is 7.50. The highest BCUT2D eigenvalue weighted by Crippen LogP contribution is 2.25. The van der Waals surface area contributed by atoms with Crippen LogP contribution in [-0.2, 0) is 24.3 Å². The first kappa shape index (κ1) is 18.2. The van der Waals surface area contributed by atoms with Crippen molar-refractivity contribution in [2.45, 2.75) is 45.9 Å². The average molecular weight is 357 g/mol. The quantitative estimate of drug-likeness (QED) is 0.799. The fourth-order valence-electron chi connectivity index (χ4n) is 2.90. The molecule has 0 bridgehead atoms. The summed E-state index contributed by atoms with van der Waals surface area (Å²) >= 11 is 0. The van der Waals surface area contributed by atoms with Crippen LogP contribution in [0.4, 0.5) is 9.18 Å². The van der Waals surface area contributed by atoms with Gasteiger partial charge >= 0.3 is 6.09 Å². The predicted octanol–water partition coefficient (Wildman–Crippen LogP) is 4.70. The number of hydrogen-bond donors (Lipinski definition) is 0. The molecule has 0 radical (unpaired) electrons. The molecule has 0 unspecified atom stereocenters. The minimum atomic E-state index is -0.507. The zero-order valence-electron chi connectivity index (χ0n) is 15.4. The fourth-order valence-corrected chi connectivity index (χ4v) is 2.90. The summed E-state index contributed by atoms with van der Waals surface area (Å²) in [5.74, 6) is 0.434. The van der Waals surface area contributed by atoms with Crippen LogP contribution < -0.4 is 4.74 Å². The predicted molar refractivity (Wildman–Crippen MR) is 97.5 cm³/mol. The van der Waals surface area contributed by atoms with Gasteiger partial charge in [0, 0.05) is 13.1 Å². The molecule has 26 heavy (non-hydrogen) atoms. The summed E-state index contributed by atoms with van der Waals surface area (Å²) in [6.07, 6.45) is 0.493. The van der Waals surface area contributed by atoms with E-state index in [9.17, 15) is 9.18 Å². The first-order chi connectivity index (χ1) is 12.3. The van der Waals surface area contributed by atoms with E-state index < -0.39 is 5.60 Å². The number of fused-ring (bicyclic) bond motifs is 1. The third kappa shape index (κ3) is 4.75. The molecular weight excluding hydrogens is 333 g/mol. The van der Waals surface area contributed by atoms with Crippen molar-refractivity contribution in [1.82, 2.24) is 4.90 Å². The van der Waals surface area contributed by atoms with Gasteiger partial charge in [0.25, 0.3) is 0 Å². The lowest BCUT2D eigenvalue weighted by atomic mass is 10.00. The van der Waals surface area contributed by atoms with E-state index in [1.165, 1.54) is 17.7 Å². The highest BCUT2D eigenvalue weighted by Gasteiger charge is 2.25. The number of amides is 1. The van der Waals surface area contributed by atoms with Crippen molar-refractivity contribution < 1.29 is 18.7 Å². The number of rotatable bonds is 3. The van der Waals surface area contributed by atoms with Gasteiger partial charge in [-0.25, -0.2) is 9.18 Å². The summed E-state index contributed by atoms with van der Waals surface area (Å²) in [5, 5.41) is 0. The molecule has 5 heteroatoms. The summed E-state index contributed by atoms with van der Waals surface area (Å²) in [5.41, 5.74) is 2.53. The maximum absolute atomic E-state index is 13.2. The van der Waals surface area contributed by atoms with E-state index >= 15 is 0 Å². The second kappa shape index (κ2) is 7.36. The van der Waals surface area contributed by atoms with Gasteiger partial charge in [-0.1, -0.05) is 18.2 Å². The second-order valence-corrected chi connectivity index (χ2v) is 7.50. The molecule has 4 nitrogen and oxygen atoms in total. The Labute approximate surface area is 153 Å². The number of benzene rings is 2. The normalized spacial score (nSPS) is 13.9. The molecule has 1 aliphatic heterocycles. The zero-order valence-corrected chi connectivity index (χ0v) is 15.4. The van der Waals surface area contributed by atoms with Gasteiger partial charge in [0.1, 0.15) is 23.8 Å². The number of ether oxygens (including phenoxy) is 2. The van der Waals surface area contributed by atoms with Crippen molar-refractivity contribution in [2.24, 2.45) is 0 Å². The molecule has 1 amide bonds. The molecular formula is C21H24FNO3. The molecule has 2 aromatic carbocycles. The van der Waals surface area contributed by atoms with E-state index in [1.807, 2.05) is 45.0 Å². The van der Waals surface area contributed by atoms with Crippen LogP contribution in [0.3, 0.4) is 0 Å². The zero-order chi connectivity index (χ0) is 18.7. The molecule has 0 spiro atoms. The van der Waals surface area contributed by atoms with Crippen molar-refractivity contribution in [3.8, 4) is 5.75 Å². The summed E-state index contributed by atoms with van der Waals surface area (Å²) in [4.78, 5) is 14.0. The highest BCUT2D eigenvalue weighted by atomic mass is 19.1. The molecule has 0 aliphatic carbocycles. The maximum atomic E-state index is 13.2. The molecule has 1 aliphatic rings. The third-order valence-electron chi connectivity index (χ3n) is 4.14. The first-order valence-corrected chi connectivity index (χ1v) is 8.77. The Morgan fingerprint density at radius 2 is 1.96 bits per heavy atom. The van der Waals surface area contributed by atoms with Crippen LogP contribution in [-0.4, -0.2) is 23.1 Å². The van der Waals surface area contributed by atoms with Crippen LogP contribution in [0.15, 0.2) is 42.5 Å². The Balaban J connectivity index is 1.66. The molecule has 3 rings (SSSR count). The van der Waals surface area contributed by atoms with Crippen molar-refractivity contribution in [1.29, 1.82) is 0 Å². The van der Waals surface area contributed by atoms with Crippen LogP contribution in [0.5, 0.6) is 5.75 Å². The van der Waals surface area contributed by atoms with E-state index in [-0.39, 0.29) is 11.9 Å². The summed E-state index contributed by atoms with van der Waals surface area (Å²) in [7, 11) is 0. The van der Waals surface area contributed by atoms with Crippen LogP contribution in [0.1, 0.15) is 37.5 Å². The Kier molecular flexibility index (Phi) is 5.16. The van der Waals surface area contributed by atoms with Crippen LogP contribution in [0, 0.1) is 5.82 Å². The van der Waals surface area contributed by atoms with Crippen LogP contribution >= 0.6 is 0 Å². The number of carbonyl (C=O) groups is 1. The van der Waals surface area contributed by atoms with E-state index in [0.717, 1.165) is 17.5 Å². The van der Waals surface area contributed by atoms with Crippen molar-refractivity contribution in [3.63, 3.8) is 0 Å². The monoisotopic (exact) mass is 357 g/mol. The molecule has 0 fully saturated rings. The van der Waals surface area contributed by atoms with Gasteiger partial charge in [-0.2, -0.15) is 0 Å². The van der Waals surface area contributed by atoms with Gasteiger partial charge in [-0.15, -0.1) is 0 Å². The maximum Gasteiger partial charge on any atom is 0.410 e. The van der Waals surface area contributed by atoms with Gasteiger partial charge in [0.15, 0.2) is 0 Å². The molecule has 0 aromatic heterocycles. The molecule has 2 aromatic rings. The van der Waals surface area contributed by atoms with Gasteiger partial charge in [0.05, 0.1) is 0 Å². The SMILES string of the molecule is CC(C)(C)OC(=O)N1CCc2ccc(OCc3cccc(F)c3)cc2C1. The molecule has 0 N–H and O–H groups in total. The van der Waals surface area contributed by atoms with E-state index in [1.54, 1.807) is 11.0 Å². The molecule has 0 saturated carbocycles. The fraction of sp³-hybridized carbons (Fsp3) is 0.381. The minimum Gasteiger partial charge on any atom is -0.489 e. The Morgan fingerprint density at radius 1 is 1.15 bits per heavy atom. The summed E-state index contributed by atoms with van der Waals surface area (Å²) in [6, 6.07) is 12.3. The molecule has 1 heterocycles. The lowest BCUT2D eigenvalue weighted by molar-refractivity contribution is 0.0223. The van der Waals surface area contributed by atoms with Gasteiger partial charge in [-0.05, 0) is 68.1 Å². The van der Waals surface area contributed by atoms with Crippen LogP contribution in [0.2, 0.25) is 0 Å². The Morgan fingerprint density at radius 3 is 2.69 bits per heavy atom. The third-order valence-corrected chi connectivity index (χ3v) is 4.14. The van der Waals surface area contributed by atoms with E-state index in [4.69, 9.17) is 9.47 Å². The number of carbonyl (C=O) groups excluding carboxylic acids is 1. The standard InChI is InChI=1S/C21H24FNO3/c1-21(2,3)26-20(24)23-10-9-16-7-8-19(12-17(16)13-23)25-14-15-5-4-6-18(22)11-15/h4-8,11-12H,9-10,13-14H2,1-3H3. The lowest BCUT2D eigenvalue weighted by Crippen LogP contribution is -2.39. The Hall–Kier alpha value is -2.56. The topological polar surface area (TPSA) is 38.8 Å². The smallest absolute Gasteiger partial charge is 0.410 e. The summed E-state index contributed by atoms with van der Waals surface area (Å²) < 4.78 is 24.5. The lowest BCUT2D eigenvalue weighted by Gasteiger charge is -2.31. The van der Waals surface area contributed by atoms with Gasteiger partial charge in [0.2, 0.25) is 0 Å². The van der Waals surface area contributed by atoms with Crippen molar-refractivity contribution in [2.75, 3.05) is 6.54 Å². The van der Waals surface area contributed by atoms with Crippen molar-refractivity contribution >= 4 is 6.09 Å². The molecule has 0 atom stereocenters.